The van der Waals surface area contributed by atoms with E-state index in [1.807, 2.05) is 0 Å². The van der Waals surface area contributed by atoms with Gasteiger partial charge in [-0.2, -0.15) is 0 Å². The van der Waals surface area contributed by atoms with E-state index in [9.17, 15) is 0 Å². The van der Waals surface area contributed by atoms with Gasteiger partial charge in [0, 0.05) is 33.5 Å². The molecule has 21 rings (SSSR count). The van der Waals surface area contributed by atoms with E-state index >= 15 is 0 Å². The number of hydrogen-bond donors (Lipinski definition) is 0. The lowest BCUT2D eigenvalue weighted by Gasteiger charge is -2.35. The fourth-order valence-corrected chi connectivity index (χ4v) is 18.9. The van der Waals surface area contributed by atoms with Gasteiger partial charge in [-0.1, -0.05) is 376 Å². The fraction of sp³-hybridized carbons (Fsp3) is 0.0185. The van der Waals surface area contributed by atoms with Crippen molar-refractivity contribution < 1.29 is 0 Å². The fourth-order valence-electron chi connectivity index (χ4n) is 18.9. The molecule has 0 bridgehead atoms. The van der Waals surface area contributed by atoms with Crippen LogP contribution in [-0.2, 0) is 10.8 Å². The topological polar surface area (TPSA) is 6.48 Å². The number of anilines is 6. The van der Waals surface area contributed by atoms with Crippen molar-refractivity contribution in [2.75, 3.05) is 9.80 Å². The Kier molecular flexibility index (Phi) is 15.4. The lowest BCUT2D eigenvalue weighted by atomic mass is 9.67. The molecule has 0 aromatic heterocycles. The molecule has 2 nitrogen and oxygen atoms in total. The van der Waals surface area contributed by atoms with E-state index in [-0.39, 0.29) is 0 Å². The lowest BCUT2D eigenvalue weighted by molar-refractivity contribution is 0.768. The summed E-state index contributed by atoms with van der Waals surface area (Å²) in [6.07, 6.45) is 0. The zero-order valence-electron chi connectivity index (χ0n) is 60.5. The molecule has 0 atom stereocenters. The summed E-state index contributed by atoms with van der Waals surface area (Å²) < 4.78 is 0. The van der Waals surface area contributed by atoms with E-state index in [1.54, 1.807) is 0 Å². The van der Waals surface area contributed by atoms with Crippen LogP contribution < -0.4 is 9.80 Å². The quantitative estimate of drug-likeness (QED) is 0.107. The van der Waals surface area contributed by atoms with Crippen molar-refractivity contribution in [3.63, 3.8) is 0 Å². The summed E-state index contributed by atoms with van der Waals surface area (Å²) in [4.78, 5) is 5.01. The third-order valence-corrected chi connectivity index (χ3v) is 23.6. The molecular weight excluding hydrogens is 1330 g/mol. The molecule has 0 N–H and O–H groups in total. The van der Waals surface area contributed by atoms with Crippen LogP contribution in [0.15, 0.2) is 437 Å². The molecule has 0 saturated heterocycles. The first-order chi connectivity index (χ1) is 54.6. The van der Waals surface area contributed by atoms with Gasteiger partial charge >= 0.3 is 0 Å². The van der Waals surface area contributed by atoms with Crippen molar-refractivity contribution in [1.82, 2.24) is 0 Å². The summed E-state index contributed by atoms with van der Waals surface area (Å²) in [6.45, 7) is 0. The van der Waals surface area contributed by atoms with Gasteiger partial charge in [0.1, 0.15) is 0 Å². The predicted molar refractivity (Wildman–Crippen MR) is 462 cm³/mol. The standard InChI is InChI=1S/C108H72N2/c1-5-33-77(34-6-1)107(78-35-7-2-8-36-78)101-53-25-23-47-95(101)97-65-63-83(71-103(97)107)109(105-69-67-93(91-45-19-21-49-99(91)105)89-51-27-31-73-29-13-15-43-87(73)89)81-59-55-75(56-60-81)85-41-17-18-42-86(85)76-57-61-82(62-58-76)110(106-70-68-94(92-46-20-22-50-100(92)106)90-52-28-32-74-30-14-16-44-88(74)90)84-64-66-98-96-48-24-26-54-102(96)108(104(98)72-84,79-37-9-3-10-38-79)80-39-11-4-12-40-80/h1-72H. The highest BCUT2D eigenvalue weighted by molar-refractivity contribution is 6.13. The maximum absolute atomic E-state index is 2.50. The number of nitrogens with zero attached hydrogens (tertiary/aromatic N) is 2. The molecule has 19 aromatic rings. The number of benzene rings is 19. The molecule has 0 radical (unpaired) electrons. The van der Waals surface area contributed by atoms with E-state index in [4.69, 9.17) is 0 Å². The SMILES string of the molecule is c1ccc(C2(c3ccccc3)c3ccccc3-c3ccc(N(c4ccc(-c5ccccc5-c5ccc(N(c6ccc7c(c6)C(c6ccccc6)(c6ccccc6)c6ccccc6-7)c6ccc(-c7cccc8ccccc78)c7ccccc67)cc5)cc4)c4ccc(-c5cccc6ccccc56)c5ccccc45)cc32)cc1. The van der Waals surface area contributed by atoms with Crippen molar-refractivity contribution in [2.45, 2.75) is 10.8 Å². The second kappa shape index (κ2) is 26.4. The second-order valence-electron chi connectivity index (χ2n) is 29.2. The van der Waals surface area contributed by atoms with Gasteiger partial charge in [0.25, 0.3) is 0 Å². The zero-order valence-corrected chi connectivity index (χ0v) is 60.5. The first kappa shape index (κ1) is 64.2. The molecule has 0 spiro atoms. The minimum Gasteiger partial charge on any atom is -0.310 e. The molecule has 0 unspecified atom stereocenters. The second-order valence-corrected chi connectivity index (χ2v) is 29.2. The summed E-state index contributed by atoms with van der Waals surface area (Å²) in [6, 6.07) is 163. The van der Waals surface area contributed by atoms with E-state index in [2.05, 4.69) is 447 Å². The smallest absolute Gasteiger partial charge is 0.0714 e. The van der Waals surface area contributed by atoms with Crippen molar-refractivity contribution in [1.29, 1.82) is 0 Å². The molecule has 2 aliphatic rings. The van der Waals surface area contributed by atoms with Crippen LogP contribution in [0.4, 0.5) is 34.1 Å². The highest BCUT2D eigenvalue weighted by Crippen LogP contribution is 2.60. The highest BCUT2D eigenvalue weighted by atomic mass is 15.2. The first-order valence-corrected chi connectivity index (χ1v) is 38.2. The summed E-state index contributed by atoms with van der Waals surface area (Å²) >= 11 is 0. The Bertz CT molecular complexity index is 6260. The molecule has 110 heavy (non-hydrogen) atoms. The van der Waals surface area contributed by atoms with Gasteiger partial charge in [0.05, 0.1) is 22.2 Å². The van der Waals surface area contributed by atoms with Gasteiger partial charge in [-0.05, 0) is 204 Å². The summed E-state index contributed by atoms with van der Waals surface area (Å²) in [7, 11) is 0. The van der Waals surface area contributed by atoms with E-state index in [0.717, 1.165) is 67.2 Å². The Morgan fingerprint density at radius 2 is 0.418 bits per heavy atom. The van der Waals surface area contributed by atoms with Crippen molar-refractivity contribution in [3.05, 3.63) is 481 Å². The van der Waals surface area contributed by atoms with Crippen LogP contribution in [0.1, 0.15) is 44.5 Å². The van der Waals surface area contributed by atoms with Crippen LogP contribution in [0.5, 0.6) is 0 Å². The highest BCUT2D eigenvalue weighted by Gasteiger charge is 2.48. The Labute approximate surface area is 641 Å². The maximum Gasteiger partial charge on any atom is 0.0714 e. The first-order valence-electron chi connectivity index (χ1n) is 38.2. The third-order valence-electron chi connectivity index (χ3n) is 23.6. The van der Waals surface area contributed by atoms with E-state index in [0.29, 0.717) is 0 Å². The van der Waals surface area contributed by atoms with Crippen LogP contribution in [-0.4, -0.2) is 0 Å². The maximum atomic E-state index is 2.50. The number of fused-ring (bicyclic) bond motifs is 10. The minimum atomic E-state index is -0.591. The van der Waals surface area contributed by atoms with Gasteiger partial charge < -0.3 is 9.80 Å². The van der Waals surface area contributed by atoms with E-state index < -0.39 is 10.8 Å². The average molecular weight is 1400 g/mol. The van der Waals surface area contributed by atoms with Gasteiger partial charge in [-0.25, -0.2) is 0 Å². The molecule has 2 aliphatic carbocycles. The average Bonchev–Trinajstić information content (AvgIpc) is 1.54. The molecule has 0 amide bonds. The normalized spacial score (nSPS) is 12.9. The summed E-state index contributed by atoms with van der Waals surface area (Å²) in [5.74, 6) is 0. The molecule has 0 saturated carbocycles. The molecule has 514 valence electrons. The van der Waals surface area contributed by atoms with Gasteiger partial charge in [0.2, 0.25) is 0 Å². The van der Waals surface area contributed by atoms with Crippen molar-refractivity contribution in [2.24, 2.45) is 0 Å². The minimum absolute atomic E-state index is 0.591. The molecular formula is C108H72N2. The molecule has 0 heterocycles. The van der Waals surface area contributed by atoms with Crippen LogP contribution in [0.3, 0.4) is 0 Å². The third kappa shape index (κ3) is 10.1. The Hall–Kier alpha value is -14.2. The molecule has 0 aliphatic heterocycles. The molecule has 2 heteroatoms. The van der Waals surface area contributed by atoms with Crippen LogP contribution in [0.25, 0.3) is 110 Å². The Morgan fingerprint density at radius 3 is 0.800 bits per heavy atom. The molecule has 0 fully saturated rings. The van der Waals surface area contributed by atoms with Crippen LogP contribution in [0, 0.1) is 0 Å². The zero-order chi connectivity index (χ0) is 72.7. The van der Waals surface area contributed by atoms with Gasteiger partial charge in [-0.15, -0.1) is 0 Å². The van der Waals surface area contributed by atoms with Crippen molar-refractivity contribution in [3.8, 4) is 66.8 Å². The van der Waals surface area contributed by atoms with Crippen LogP contribution >= 0.6 is 0 Å². The number of hydrogen-bond acceptors (Lipinski definition) is 2. The summed E-state index contributed by atoms with van der Waals surface area (Å²) in [5, 5.41) is 9.63. The molecule has 19 aromatic carbocycles. The largest absolute Gasteiger partial charge is 0.310 e. The summed E-state index contributed by atoms with van der Waals surface area (Å²) in [5.41, 5.74) is 29.6. The Morgan fingerprint density at radius 1 is 0.155 bits per heavy atom. The van der Waals surface area contributed by atoms with Gasteiger partial charge in [-0.3, -0.25) is 0 Å². The predicted octanol–water partition coefficient (Wildman–Crippen LogP) is 28.6. The Balaban J connectivity index is 0.712. The van der Waals surface area contributed by atoms with Crippen molar-refractivity contribution >= 4 is 77.2 Å². The van der Waals surface area contributed by atoms with Gasteiger partial charge in [0.15, 0.2) is 0 Å². The van der Waals surface area contributed by atoms with E-state index in [1.165, 1.54) is 121 Å². The van der Waals surface area contributed by atoms with Crippen LogP contribution in [0.2, 0.25) is 0 Å². The monoisotopic (exact) mass is 1400 g/mol. The number of rotatable bonds is 14. The lowest BCUT2D eigenvalue weighted by Crippen LogP contribution is -2.28.